The maximum Gasteiger partial charge on any atom is 0.213 e. The van der Waals surface area contributed by atoms with E-state index in [1.807, 2.05) is 25.1 Å². The zero-order chi connectivity index (χ0) is 12.1. The molecule has 0 bridgehead atoms. The summed E-state index contributed by atoms with van der Waals surface area (Å²) in [6.07, 6.45) is 0. The van der Waals surface area contributed by atoms with Gasteiger partial charge in [0.2, 0.25) is 11.7 Å². The molecule has 0 unspecified atom stereocenters. The highest BCUT2D eigenvalue weighted by Gasteiger charge is 2.10. The molecule has 3 nitrogen and oxygen atoms in total. The van der Waals surface area contributed by atoms with Gasteiger partial charge in [-0.15, -0.1) is 0 Å². The average Bonchev–Trinajstić information content (AvgIpc) is 2.40. The van der Waals surface area contributed by atoms with E-state index in [1.165, 1.54) is 0 Å². The molecular weight excluding hydrogens is 214 g/mol. The van der Waals surface area contributed by atoms with Gasteiger partial charge in [0.25, 0.3) is 0 Å². The van der Waals surface area contributed by atoms with Crippen molar-refractivity contribution in [1.29, 1.82) is 0 Å². The van der Waals surface area contributed by atoms with Gasteiger partial charge in [0.05, 0.1) is 6.61 Å². The van der Waals surface area contributed by atoms with Crippen LogP contribution in [0.25, 0.3) is 0 Å². The molecule has 2 rings (SSSR count). The summed E-state index contributed by atoms with van der Waals surface area (Å²) in [7, 11) is 0. The van der Waals surface area contributed by atoms with Gasteiger partial charge < -0.3 is 4.74 Å². The number of nitrogens with zero attached hydrogens (tertiary/aromatic N) is 1. The van der Waals surface area contributed by atoms with Crippen molar-refractivity contribution < 1.29 is 9.53 Å². The third kappa shape index (κ3) is 2.69. The van der Waals surface area contributed by atoms with Crippen molar-refractivity contribution in [1.82, 2.24) is 4.98 Å². The molecule has 2 aromatic rings. The molecule has 0 aliphatic heterocycles. The highest BCUT2D eigenvalue weighted by molar-refractivity contribution is 6.07. The fourth-order valence-corrected chi connectivity index (χ4v) is 1.51. The lowest BCUT2D eigenvalue weighted by molar-refractivity contribution is 0.103. The highest BCUT2D eigenvalue weighted by atomic mass is 16.5. The highest BCUT2D eigenvalue weighted by Crippen LogP contribution is 2.11. The topological polar surface area (TPSA) is 39.2 Å². The monoisotopic (exact) mass is 227 g/mol. The second-order valence-corrected chi connectivity index (χ2v) is 3.49. The van der Waals surface area contributed by atoms with E-state index >= 15 is 0 Å². The molecule has 0 saturated heterocycles. The van der Waals surface area contributed by atoms with E-state index in [4.69, 9.17) is 4.74 Å². The molecule has 17 heavy (non-hydrogen) atoms. The Bertz CT molecular complexity index is 509. The van der Waals surface area contributed by atoms with Gasteiger partial charge in [-0.3, -0.25) is 4.79 Å². The average molecular weight is 227 g/mol. The van der Waals surface area contributed by atoms with Crippen molar-refractivity contribution in [3.05, 3.63) is 59.8 Å². The van der Waals surface area contributed by atoms with Crippen molar-refractivity contribution in [2.75, 3.05) is 6.61 Å². The molecule has 3 heteroatoms. The standard InChI is InChI=1S/C14H13NO2/c1-2-17-13-10-6-9-12(15-13)14(16)11-7-4-3-5-8-11/h3-10H,2H2,1H3. The van der Waals surface area contributed by atoms with Crippen LogP contribution in [0.15, 0.2) is 48.5 Å². The van der Waals surface area contributed by atoms with Crippen molar-refractivity contribution >= 4 is 5.78 Å². The molecule has 0 saturated carbocycles. The van der Waals surface area contributed by atoms with Crippen LogP contribution in [-0.2, 0) is 0 Å². The van der Waals surface area contributed by atoms with Crippen LogP contribution in [0.5, 0.6) is 5.88 Å². The summed E-state index contributed by atoms with van der Waals surface area (Å²) in [4.78, 5) is 16.3. The van der Waals surface area contributed by atoms with Gasteiger partial charge >= 0.3 is 0 Å². The molecule has 0 aliphatic carbocycles. The van der Waals surface area contributed by atoms with E-state index in [9.17, 15) is 4.79 Å². The predicted octanol–water partition coefficient (Wildman–Crippen LogP) is 2.71. The normalized spacial score (nSPS) is 9.94. The number of hydrogen-bond acceptors (Lipinski definition) is 3. The molecule has 0 atom stereocenters. The van der Waals surface area contributed by atoms with Crippen molar-refractivity contribution in [3.63, 3.8) is 0 Å². The summed E-state index contributed by atoms with van der Waals surface area (Å²) in [6.45, 7) is 2.42. The lowest BCUT2D eigenvalue weighted by atomic mass is 10.1. The number of ether oxygens (including phenoxy) is 1. The molecule has 0 amide bonds. The first-order valence-corrected chi connectivity index (χ1v) is 5.51. The Balaban J connectivity index is 2.28. The van der Waals surface area contributed by atoms with Crippen LogP contribution in [0, 0.1) is 0 Å². The van der Waals surface area contributed by atoms with E-state index in [2.05, 4.69) is 4.98 Å². The minimum Gasteiger partial charge on any atom is -0.478 e. The molecule has 0 N–H and O–H groups in total. The number of carbonyl (C=O) groups is 1. The maximum absolute atomic E-state index is 12.1. The molecule has 1 aromatic heterocycles. The second-order valence-electron chi connectivity index (χ2n) is 3.49. The molecular formula is C14H13NO2. The largest absolute Gasteiger partial charge is 0.478 e. The van der Waals surface area contributed by atoms with Gasteiger partial charge in [-0.25, -0.2) is 4.98 Å². The summed E-state index contributed by atoms with van der Waals surface area (Å²) in [5.74, 6) is 0.390. The Morgan fingerprint density at radius 2 is 1.88 bits per heavy atom. The molecule has 86 valence electrons. The Morgan fingerprint density at radius 3 is 2.59 bits per heavy atom. The maximum atomic E-state index is 12.1. The van der Waals surface area contributed by atoms with E-state index in [-0.39, 0.29) is 5.78 Å². The van der Waals surface area contributed by atoms with Gasteiger partial charge in [0.1, 0.15) is 5.69 Å². The zero-order valence-electron chi connectivity index (χ0n) is 9.59. The van der Waals surface area contributed by atoms with E-state index in [1.54, 1.807) is 30.3 Å². The molecule has 1 heterocycles. The number of rotatable bonds is 4. The number of benzene rings is 1. The summed E-state index contributed by atoms with van der Waals surface area (Å²) in [6, 6.07) is 14.3. The SMILES string of the molecule is CCOc1cccc(C(=O)c2ccccc2)n1. The molecule has 0 fully saturated rings. The number of carbonyl (C=O) groups excluding carboxylic acids is 1. The van der Waals surface area contributed by atoms with Gasteiger partial charge in [0.15, 0.2) is 0 Å². The van der Waals surface area contributed by atoms with E-state index in [0.29, 0.717) is 23.7 Å². The predicted molar refractivity (Wildman–Crippen MR) is 65.3 cm³/mol. The summed E-state index contributed by atoms with van der Waals surface area (Å²) >= 11 is 0. The van der Waals surface area contributed by atoms with Gasteiger partial charge in [-0.1, -0.05) is 36.4 Å². The quantitative estimate of drug-likeness (QED) is 0.754. The number of pyridine rings is 1. The first-order chi connectivity index (χ1) is 8.31. The van der Waals surface area contributed by atoms with Crippen LogP contribution >= 0.6 is 0 Å². The summed E-state index contributed by atoms with van der Waals surface area (Å²) in [5.41, 5.74) is 1.04. The van der Waals surface area contributed by atoms with Crippen LogP contribution < -0.4 is 4.74 Å². The van der Waals surface area contributed by atoms with Crippen LogP contribution in [-0.4, -0.2) is 17.4 Å². The fourth-order valence-electron chi connectivity index (χ4n) is 1.51. The molecule has 0 radical (unpaired) electrons. The summed E-state index contributed by atoms with van der Waals surface area (Å²) in [5, 5.41) is 0. The van der Waals surface area contributed by atoms with Crippen LogP contribution in [0.4, 0.5) is 0 Å². The number of hydrogen-bond donors (Lipinski definition) is 0. The first kappa shape index (κ1) is 11.3. The van der Waals surface area contributed by atoms with Crippen molar-refractivity contribution in [2.45, 2.75) is 6.92 Å². The van der Waals surface area contributed by atoms with E-state index < -0.39 is 0 Å². The summed E-state index contributed by atoms with van der Waals surface area (Å²) < 4.78 is 5.27. The third-order valence-corrected chi connectivity index (χ3v) is 2.28. The van der Waals surface area contributed by atoms with Gasteiger partial charge in [-0.05, 0) is 13.0 Å². The van der Waals surface area contributed by atoms with Gasteiger partial charge in [-0.2, -0.15) is 0 Å². The lowest BCUT2D eigenvalue weighted by Gasteiger charge is -2.04. The minimum atomic E-state index is -0.0906. The number of aromatic nitrogens is 1. The minimum absolute atomic E-state index is 0.0906. The van der Waals surface area contributed by atoms with Crippen LogP contribution in [0.2, 0.25) is 0 Å². The Labute approximate surface area is 100 Å². The second kappa shape index (κ2) is 5.25. The number of ketones is 1. The lowest BCUT2D eigenvalue weighted by Crippen LogP contribution is -2.05. The van der Waals surface area contributed by atoms with Crippen molar-refractivity contribution in [2.24, 2.45) is 0 Å². The zero-order valence-corrected chi connectivity index (χ0v) is 9.59. The third-order valence-electron chi connectivity index (χ3n) is 2.28. The molecule has 1 aromatic carbocycles. The Morgan fingerprint density at radius 1 is 1.12 bits per heavy atom. The van der Waals surface area contributed by atoms with E-state index in [0.717, 1.165) is 0 Å². The Kier molecular flexibility index (Phi) is 3.50. The molecule has 0 spiro atoms. The Hall–Kier alpha value is -2.16. The fraction of sp³-hybridized carbons (Fsp3) is 0.143. The van der Waals surface area contributed by atoms with Crippen LogP contribution in [0.1, 0.15) is 23.0 Å². The smallest absolute Gasteiger partial charge is 0.213 e. The van der Waals surface area contributed by atoms with Crippen molar-refractivity contribution in [3.8, 4) is 5.88 Å². The first-order valence-electron chi connectivity index (χ1n) is 5.51. The van der Waals surface area contributed by atoms with Crippen LogP contribution in [0.3, 0.4) is 0 Å². The van der Waals surface area contributed by atoms with Gasteiger partial charge in [0, 0.05) is 11.6 Å². The molecule has 0 aliphatic rings.